The highest BCUT2D eigenvalue weighted by molar-refractivity contribution is 6.05. The molecule has 1 heterocycles. The summed E-state index contributed by atoms with van der Waals surface area (Å²) >= 11 is 0. The molecular weight excluding hydrogens is 259 g/mol. The van der Waals surface area contributed by atoms with Gasteiger partial charge in [0, 0.05) is 12.1 Å². The summed E-state index contributed by atoms with van der Waals surface area (Å²) in [6, 6.07) is 5.38. The number of nitrogens with one attached hydrogen (secondary N) is 1. The Hall–Kier alpha value is -1.75. The summed E-state index contributed by atoms with van der Waals surface area (Å²) < 4.78 is 12.9. The molecule has 1 aliphatic rings. The van der Waals surface area contributed by atoms with E-state index in [1.54, 1.807) is 12.1 Å². The van der Waals surface area contributed by atoms with E-state index in [1.165, 1.54) is 17.0 Å². The Morgan fingerprint density at radius 2 is 1.80 bits per heavy atom. The average Bonchev–Trinajstić information content (AvgIpc) is 2.65. The van der Waals surface area contributed by atoms with Crippen LogP contribution in [0.2, 0.25) is 0 Å². The minimum absolute atomic E-state index is 0.121. The van der Waals surface area contributed by atoms with E-state index in [4.69, 9.17) is 0 Å². The van der Waals surface area contributed by atoms with Crippen molar-refractivity contribution in [2.24, 2.45) is 0 Å². The molecule has 0 radical (unpaired) electrons. The molecular formula is C15H19FN2O2. The van der Waals surface area contributed by atoms with Gasteiger partial charge in [-0.1, -0.05) is 12.1 Å². The molecule has 1 fully saturated rings. The largest absolute Gasteiger partial charge is 0.299 e. The lowest BCUT2D eigenvalue weighted by molar-refractivity contribution is -0.140. The highest BCUT2D eigenvalue weighted by Crippen LogP contribution is 2.20. The van der Waals surface area contributed by atoms with Crippen LogP contribution < -0.4 is 5.32 Å². The zero-order valence-corrected chi connectivity index (χ0v) is 11.9. The molecule has 2 unspecified atom stereocenters. The van der Waals surface area contributed by atoms with Crippen molar-refractivity contribution in [3.63, 3.8) is 0 Å². The summed E-state index contributed by atoms with van der Waals surface area (Å²) in [5.41, 5.74) is 0.884. The van der Waals surface area contributed by atoms with E-state index in [0.717, 1.165) is 5.56 Å². The van der Waals surface area contributed by atoms with Gasteiger partial charge in [0.25, 0.3) is 0 Å². The van der Waals surface area contributed by atoms with Gasteiger partial charge in [0.2, 0.25) is 11.8 Å². The molecule has 0 spiro atoms. The third kappa shape index (κ3) is 2.88. The number of amides is 2. The third-order valence-corrected chi connectivity index (χ3v) is 3.52. The van der Waals surface area contributed by atoms with E-state index in [0.29, 0.717) is 0 Å². The van der Waals surface area contributed by atoms with E-state index in [2.05, 4.69) is 5.32 Å². The number of benzene rings is 1. The minimum atomic E-state index is -0.495. The number of carbonyl (C=O) groups excluding carboxylic acids is 2. The second kappa shape index (κ2) is 5.71. The smallest absolute Gasteiger partial charge is 0.247 e. The quantitative estimate of drug-likeness (QED) is 0.857. The summed E-state index contributed by atoms with van der Waals surface area (Å²) in [6.07, 6.45) is 0.183. The molecule has 0 aliphatic carbocycles. The van der Waals surface area contributed by atoms with Gasteiger partial charge < -0.3 is 0 Å². The van der Waals surface area contributed by atoms with Crippen molar-refractivity contribution < 1.29 is 14.0 Å². The summed E-state index contributed by atoms with van der Waals surface area (Å²) in [7, 11) is 0. The number of rotatable bonds is 4. The monoisotopic (exact) mass is 278 g/mol. The zero-order chi connectivity index (χ0) is 14.9. The molecule has 1 aromatic rings. The number of carbonyl (C=O) groups is 2. The molecule has 2 rings (SSSR count). The van der Waals surface area contributed by atoms with Crippen LogP contribution in [0.15, 0.2) is 24.3 Å². The summed E-state index contributed by atoms with van der Waals surface area (Å²) in [5, 5.41) is 3.15. The molecule has 5 heteroatoms. The fraction of sp³-hybridized carbons (Fsp3) is 0.467. The predicted octanol–water partition coefficient (Wildman–Crippen LogP) is 2.01. The highest BCUT2D eigenvalue weighted by Gasteiger charge is 2.40. The summed E-state index contributed by atoms with van der Waals surface area (Å²) in [5.74, 6) is -0.619. The molecule has 2 atom stereocenters. The lowest BCUT2D eigenvalue weighted by Crippen LogP contribution is -2.42. The van der Waals surface area contributed by atoms with Crippen LogP contribution in [-0.2, 0) is 9.59 Å². The average molecular weight is 278 g/mol. The van der Waals surface area contributed by atoms with Crippen LogP contribution in [0.25, 0.3) is 0 Å². The Balaban J connectivity index is 2.05. The molecule has 20 heavy (non-hydrogen) atoms. The fourth-order valence-electron chi connectivity index (χ4n) is 2.47. The second-order valence-electron chi connectivity index (χ2n) is 5.39. The lowest BCUT2D eigenvalue weighted by atomic mass is 10.1. The zero-order valence-electron chi connectivity index (χ0n) is 11.9. The van der Waals surface area contributed by atoms with Gasteiger partial charge in [-0.3, -0.25) is 19.8 Å². The first-order chi connectivity index (χ1) is 9.40. The number of halogens is 1. The Kier molecular flexibility index (Phi) is 4.18. The Bertz CT molecular complexity index is 513. The van der Waals surface area contributed by atoms with Crippen LogP contribution in [0.5, 0.6) is 0 Å². The first kappa shape index (κ1) is 14.7. The van der Waals surface area contributed by atoms with Crippen LogP contribution in [0.3, 0.4) is 0 Å². The Labute approximate surface area is 118 Å². The van der Waals surface area contributed by atoms with Gasteiger partial charge in [-0.15, -0.1) is 0 Å². The van der Waals surface area contributed by atoms with Gasteiger partial charge in [0.1, 0.15) is 5.82 Å². The molecule has 2 amide bonds. The van der Waals surface area contributed by atoms with Crippen LogP contribution >= 0.6 is 0 Å². The van der Waals surface area contributed by atoms with Crippen LogP contribution in [0.4, 0.5) is 4.39 Å². The molecule has 108 valence electrons. The maximum atomic E-state index is 12.9. The maximum absolute atomic E-state index is 12.9. The van der Waals surface area contributed by atoms with Crippen molar-refractivity contribution in [3.8, 4) is 0 Å². The van der Waals surface area contributed by atoms with Gasteiger partial charge in [-0.05, 0) is 38.5 Å². The van der Waals surface area contributed by atoms with E-state index in [-0.39, 0.29) is 36.1 Å². The molecule has 0 bridgehead atoms. The lowest BCUT2D eigenvalue weighted by Gasteiger charge is -2.21. The van der Waals surface area contributed by atoms with E-state index in [9.17, 15) is 14.0 Å². The molecule has 1 aliphatic heterocycles. The van der Waals surface area contributed by atoms with Gasteiger partial charge >= 0.3 is 0 Å². The van der Waals surface area contributed by atoms with E-state index >= 15 is 0 Å². The minimum Gasteiger partial charge on any atom is -0.299 e. The topological polar surface area (TPSA) is 49.4 Å². The van der Waals surface area contributed by atoms with Crippen molar-refractivity contribution >= 4 is 11.8 Å². The third-order valence-electron chi connectivity index (χ3n) is 3.52. The molecule has 4 nitrogen and oxygen atoms in total. The number of imide groups is 1. The van der Waals surface area contributed by atoms with E-state index in [1.807, 2.05) is 20.8 Å². The van der Waals surface area contributed by atoms with Crippen molar-refractivity contribution in [1.82, 2.24) is 10.2 Å². The first-order valence-electron chi connectivity index (χ1n) is 6.77. The maximum Gasteiger partial charge on any atom is 0.247 e. The van der Waals surface area contributed by atoms with Crippen LogP contribution in [0.1, 0.15) is 38.8 Å². The van der Waals surface area contributed by atoms with Gasteiger partial charge in [-0.2, -0.15) is 0 Å². The molecule has 0 aromatic heterocycles. The standard InChI is InChI=1S/C15H19FN2O2/c1-9(2)18-14(19)8-13(15(18)20)17-10(3)11-4-6-12(16)7-5-11/h4-7,9-10,13,17H,8H2,1-3H3. The first-order valence-corrected chi connectivity index (χ1v) is 6.77. The van der Waals surface area contributed by atoms with Crippen molar-refractivity contribution in [3.05, 3.63) is 35.6 Å². The summed E-state index contributed by atoms with van der Waals surface area (Å²) in [4.78, 5) is 25.3. The normalized spacial score (nSPS) is 20.9. The number of hydrogen-bond acceptors (Lipinski definition) is 3. The number of hydrogen-bond donors (Lipinski definition) is 1. The fourth-order valence-corrected chi connectivity index (χ4v) is 2.47. The van der Waals surface area contributed by atoms with Gasteiger partial charge in [0.05, 0.1) is 12.5 Å². The Morgan fingerprint density at radius 3 is 2.30 bits per heavy atom. The van der Waals surface area contributed by atoms with Gasteiger partial charge in [0.15, 0.2) is 0 Å². The molecule has 0 saturated carbocycles. The SMILES string of the molecule is CC(NC1CC(=O)N(C(C)C)C1=O)c1ccc(F)cc1. The summed E-state index contributed by atoms with van der Waals surface area (Å²) in [6.45, 7) is 5.53. The van der Waals surface area contributed by atoms with Crippen molar-refractivity contribution in [2.45, 2.75) is 45.3 Å². The van der Waals surface area contributed by atoms with Gasteiger partial charge in [-0.25, -0.2) is 4.39 Å². The second-order valence-corrected chi connectivity index (χ2v) is 5.39. The molecule has 1 saturated heterocycles. The number of likely N-dealkylation sites (tertiary alicyclic amines) is 1. The van der Waals surface area contributed by atoms with Crippen molar-refractivity contribution in [2.75, 3.05) is 0 Å². The van der Waals surface area contributed by atoms with Crippen LogP contribution in [0, 0.1) is 5.82 Å². The molecule has 1 N–H and O–H groups in total. The Morgan fingerprint density at radius 1 is 1.20 bits per heavy atom. The number of nitrogens with zero attached hydrogens (tertiary/aromatic N) is 1. The van der Waals surface area contributed by atoms with Crippen LogP contribution in [-0.4, -0.2) is 28.8 Å². The van der Waals surface area contributed by atoms with E-state index < -0.39 is 6.04 Å². The molecule has 1 aromatic carbocycles. The van der Waals surface area contributed by atoms with Crippen molar-refractivity contribution in [1.29, 1.82) is 0 Å². The predicted molar refractivity (Wildman–Crippen MR) is 73.3 cm³/mol. The highest BCUT2D eigenvalue weighted by atomic mass is 19.1.